The van der Waals surface area contributed by atoms with Gasteiger partial charge < -0.3 is 10.2 Å². The topological polar surface area (TPSA) is 89.2 Å². The van der Waals surface area contributed by atoms with Gasteiger partial charge in [-0.1, -0.05) is 35.9 Å². The molecule has 3 aromatic rings. The third-order valence-electron chi connectivity index (χ3n) is 5.68. The van der Waals surface area contributed by atoms with Gasteiger partial charge in [-0.3, -0.25) is 18.7 Å². The molecular formula is C22H26ClN5O3S. The number of thiazole rings is 1. The molecule has 0 saturated carbocycles. The van der Waals surface area contributed by atoms with Crippen LogP contribution in [-0.4, -0.2) is 33.1 Å². The molecule has 0 unspecified atom stereocenters. The van der Waals surface area contributed by atoms with Gasteiger partial charge in [-0.2, -0.15) is 0 Å². The summed E-state index contributed by atoms with van der Waals surface area (Å²) >= 11 is 7.28. The Morgan fingerprint density at radius 1 is 1.28 bits per heavy atom. The number of nitrogens with zero attached hydrogens (tertiary/aromatic N) is 4. The van der Waals surface area contributed by atoms with Gasteiger partial charge in [0.2, 0.25) is 5.91 Å². The highest BCUT2D eigenvalue weighted by Crippen LogP contribution is 2.29. The van der Waals surface area contributed by atoms with E-state index < -0.39 is 11.6 Å². The number of carbonyl (C=O) groups is 1. The summed E-state index contributed by atoms with van der Waals surface area (Å²) in [6.45, 7) is 7.25. The van der Waals surface area contributed by atoms with Crippen molar-refractivity contribution in [2.75, 3.05) is 23.3 Å². The molecule has 0 radical (unpaired) electrons. The van der Waals surface area contributed by atoms with Crippen LogP contribution in [0.25, 0.3) is 10.3 Å². The molecule has 10 heteroatoms. The summed E-state index contributed by atoms with van der Waals surface area (Å²) in [5, 5.41) is 3.97. The largest absolute Gasteiger partial charge is 0.348 e. The number of rotatable bonds is 5. The van der Waals surface area contributed by atoms with E-state index >= 15 is 0 Å². The Morgan fingerprint density at radius 2 is 2.00 bits per heavy atom. The molecule has 1 saturated heterocycles. The van der Waals surface area contributed by atoms with E-state index in [0.29, 0.717) is 26.5 Å². The van der Waals surface area contributed by atoms with Gasteiger partial charge in [-0.15, -0.1) is 0 Å². The van der Waals surface area contributed by atoms with Gasteiger partial charge in [0.25, 0.3) is 5.56 Å². The summed E-state index contributed by atoms with van der Waals surface area (Å²) in [5.41, 5.74) is -0.106. The summed E-state index contributed by atoms with van der Waals surface area (Å²) in [4.78, 5) is 45.9. The minimum absolute atomic E-state index is 0.255. The van der Waals surface area contributed by atoms with Crippen molar-refractivity contribution in [3.63, 3.8) is 0 Å². The average Bonchev–Trinajstić information content (AvgIpc) is 3.17. The second-order valence-corrected chi connectivity index (χ2v) is 9.93. The fourth-order valence-corrected chi connectivity index (χ4v) is 5.13. The number of fused-ring (bicyclic) bond motifs is 1. The summed E-state index contributed by atoms with van der Waals surface area (Å²) in [6, 6.07) is 6.44. The molecule has 1 fully saturated rings. The molecule has 0 bridgehead atoms. The first-order valence-electron chi connectivity index (χ1n) is 10.7. The lowest BCUT2D eigenvalue weighted by Gasteiger charge is -2.29. The summed E-state index contributed by atoms with van der Waals surface area (Å²) in [7, 11) is 0. The smallest absolute Gasteiger partial charge is 0.333 e. The van der Waals surface area contributed by atoms with E-state index in [4.69, 9.17) is 11.6 Å². The predicted octanol–water partition coefficient (Wildman–Crippen LogP) is 3.73. The number of carbonyl (C=O) groups excluding carboxylic acids is 1. The Kier molecular flexibility index (Phi) is 6.39. The van der Waals surface area contributed by atoms with E-state index in [9.17, 15) is 14.4 Å². The maximum Gasteiger partial charge on any atom is 0.333 e. The van der Waals surface area contributed by atoms with Crippen LogP contribution in [-0.2, 0) is 11.3 Å². The molecule has 170 valence electrons. The van der Waals surface area contributed by atoms with Gasteiger partial charge in [-0.25, -0.2) is 9.78 Å². The quantitative estimate of drug-likeness (QED) is 0.607. The predicted molar refractivity (Wildman–Crippen MR) is 129 cm³/mol. The number of anilines is 2. The van der Waals surface area contributed by atoms with Gasteiger partial charge in [0.05, 0.1) is 0 Å². The second kappa shape index (κ2) is 9.07. The van der Waals surface area contributed by atoms with Crippen LogP contribution in [0.5, 0.6) is 0 Å². The number of halogens is 1. The number of amides is 1. The number of aromatic nitrogens is 3. The van der Waals surface area contributed by atoms with Crippen molar-refractivity contribution in [2.45, 2.75) is 46.2 Å². The molecule has 3 heterocycles. The zero-order valence-corrected chi connectivity index (χ0v) is 19.9. The van der Waals surface area contributed by atoms with Crippen molar-refractivity contribution in [2.24, 2.45) is 5.92 Å². The number of hydrogen-bond donors (Lipinski definition) is 1. The Hall–Kier alpha value is -2.65. The Balaban J connectivity index is 1.75. The second-order valence-electron chi connectivity index (χ2n) is 8.51. The summed E-state index contributed by atoms with van der Waals surface area (Å²) in [5.74, 6) is 0.262. The van der Waals surface area contributed by atoms with Crippen molar-refractivity contribution < 1.29 is 4.79 Å². The maximum absolute atomic E-state index is 13.2. The molecule has 2 aromatic heterocycles. The first-order chi connectivity index (χ1) is 15.2. The van der Waals surface area contributed by atoms with E-state index in [2.05, 4.69) is 22.1 Å². The summed E-state index contributed by atoms with van der Waals surface area (Å²) in [6.07, 6.45) is 2.11. The normalized spacial score (nSPS) is 15.0. The van der Waals surface area contributed by atoms with Crippen molar-refractivity contribution in [3.8, 4) is 0 Å². The third kappa shape index (κ3) is 4.45. The van der Waals surface area contributed by atoms with Crippen LogP contribution in [0, 0.1) is 5.92 Å². The van der Waals surface area contributed by atoms with Crippen LogP contribution >= 0.6 is 22.9 Å². The summed E-state index contributed by atoms with van der Waals surface area (Å²) < 4.78 is 2.88. The number of hydrogen-bond acceptors (Lipinski definition) is 6. The number of nitrogens with one attached hydrogen (secondary N) is 1. The van der Waals surface area contributed by atoms with E-state index in [1.807, 2.05) is 0 Å². The van der Waals surface area contributed by atoms with Gasteiger partial charge in [-0.05, 0) is 50.8 Å². The highest BCUT2D eigenvalue weighted by molar-refractivity contribution is 7.22. The van der Waals surface area contributed by atoms with Gasteiger partial charge >= 0.3 is 5.69 Å². The van der Waals surface area contributed by atoms with Gasteiger partial charge in [0.15, 0.2) is 10.8 Å². The minimum atomic E-state index is -0.539. The molecule has 1 aromatic carbocycles. The minimum Gasteiger partial charge on any atom is -0.348 e. The molecule has 1 N–H and O–H groups in total. The Labute approximate surface area is 194 Å². The lowest BCUT2D eigenvalue weighted by molar-refractivity contribution is -0.116. The highest BCUT2D eigenvalue weighted by Gasteiger charge is 2.24. The standard InChI is InChI=1S/C22H26ClN5O3S/c1-13(2)28-20(30)18-19(25-21(32-18)26-9-7-14(3)8-10-26)27(22(28)31)12-17(29)24-16-6-4-5-15(23)11-16/h4-6,11,13-14H,7-10,12H2,1-3H3,(H,24,29). The van der Waals surface area contributed by atoms with Crippen molar-refractivity contribution in [1.82, 2.24) is 14.1 Å². The van der Waals surface area contributed by atoms with E-state index in [-0.39, 0.29) is 23.8 Å². The molecule has 1 aliphatic rings. The van der Waals surface area contributed by atoms with Crippen LogP contribution in [0.1, 0.15) is 39.7 Å². The Bertz CT molecular complexity index is 1270. The van der Waals surface area contributed by atoms with Gasteiger partial charge in [0, 0.05) is 29.8 Å². The van der Waals surface area contributed by atoms with Crippen LogP contribution in [0.15, 0.2) is 33.9 Å². The molecule has 1 amide bonds. The lowest BCUT2D eigenvalue weighted by Crippen LogP contribution is -2.42. The first kappa shape index (κ1) is 22.5. The molecule has 4 rings (SSSR count). The molecular weight excluding hydrogens is 450 g/mol. The monoisotopic (exact) mass is 475 g/mol. The van der Waals surface area contributed by atoms with Crippen molar-refractivity contribution in [3.05, 3.63) is 50.1 Å². The van der Waals surface area contributed by atoms with E-state index in [0.717, 1.165) is 25.9 Å². The van der Waals surface area contributed by atoms with E-state index in [1.165, 1.54) is 20.5 Å². The third-order valence-corrected chi connectivity index (χ3v) is 7.01. The zero-order chi connectivity index (χ0) is 23.0. The molecule has 1 aliphatic heterocycles. The fraction of sp³-hybridized carbons (Fsp3) is 0.455. The fourth-order valence-electron chi connectivity index (χ4n) is 3.88. The zero-order valence-electron chi connectivity index (χ0n) is 18.3. The maximum atomic E-state index is 13.2. The lowest BCUT2D eigenvalue weighted by atomic mass is 10.00. The van der Waals surface area contributed by atoms with Crippen LogP contribution in [0.3, 0.4) is 0 Å². The van der Waals surface area contributed by atoms with Gasteiger partial charge in [0.1, 0.15) is 11.2 Å². The molecule has 0 spiro atoms. The van der Waals surface area contributed by atoms with Crippen LogP contribution in [0.2, 0.25) is 5.02 Å². The van der Waals surface area contributed by atoms with Crippen LogP contribution in [0.4, 0.5) is 10.8 Å². The number of piperidine rings is 1. The molecule has 8 nitrogen and oxygen atoms in total. The molecule has 0 atom stereocenters. The highest BCUT2D eigenvalue weighted by atomic mass is 35.5. The SMILES string of the molecule is CC1CCN(c2nc3c(s2)c(=O)n(C(C)C)c(=O)n3CC(=O)Nc2cccc(Cl)c2)CC1. The molecule has 32 heavy (non-hydrogen) atoms. The first-order valence-corrected chi connectivity index (χ1v) is 11.9. The van der Waals surface area contributed by atoms with Crippen molar-refractivity contribution in [1.29, 1.82) is 0 Å². The van der Waals surface area contributed by atoms with Crippen molar-refractivity contribution >= 4 is 50.0 Å². The molecule has 0 aliphatic carbocycles. The van der Waals surface area contributed by atoms with Crippen LogP contribution < -0.4 is 21.5 Å². The number of benzene rings is 1. The Morgan fingerprint density at radius 3 is 2.66 bits per heavy atom. The van der Waals surface area contributed by atoms with E-state index in [1.54, 1.807) is 38.1 Å². The average molecular weight is 476 g/mol.